The largest absolute Gasteiger partial charge is 0.449 e. The summed E-state index contributed by atoms with van der Waals surface area (Å²) in [5.41, 5.74) is 2.52. The normalized spacial score (nSPS) is 15.6. The molecule has 0 radical (unpaired) electrons. The summed E-state index contributed by atoms with van der Waals surface area (Å²) in [7, 11) is -3.65. The van der Waals surface area contributed by atoms with Gasteiger partial charge in [0.05, 0.1) is 10.5 Å². The number of carbonyl (C=O) groups is 2. The Labute approximate surface area is 183 Å². The minimum Gasteiger partial charge on any atom is -0.449 e. The minimum atomic E-state index is -3.65. The van der Waals surface area contributed by atoms with Crippen molar-refractivity contribution >= 4 is 21.9 Å². The highest BCUT2D eigenvalue weighted by atomic mass is 32.2. The topological polar surface area (TPSA) is 92.8 Å². The van der Waals surface area contributed by atoms with Crippen molar-refractivity contribution in [2.24, 2.45) is 0 Å². The standard InChI is InChI=1S/C23H28N2O5S/c1-4-16(2)24-31(28,29)21-11-9-19(10-12-21)23(27)30-17(3)22(26)25-14-13-18-7-5-6-8-20(18)15-25/h5-12,16-17,24H,4,13-15H2,1-3H3. The highest BCUT2D eigenvalue weighted by Gasteiger charge is 2.27. The molecular weight excluding hydrogens is 416 g/mol. The van der Waals surface area contributed by atoms with Gasteiger partial charge in [-0.1, -0.05) is 31.2 Å². The first-order valence-electron chi connectivity index (χ1n) is 10.4. The van der Waals surface area contributed by atoms with Crippen molar-refractivity contribution in [3.05, 3.63) is 65.2 Å². The van der Waals surface area contributed by atoms with E-state index >= 15 is 0 Å². The second kappa shape index (κ2) is 9.62. The van der Waals surface area contributed by atoms with Crippen molar-refractivity contribution in [3.63, 3.8) is 0 Å². The van der Waals surface area contributed by atoms with Gasteiger partial charge in [-0.15, -0.1) is 0 Å². The maximum atomic E-state index is 12.8. The minimum absolute atomic E-state index is 0.0699. The van der Waals surface area contributed by atoms with Gasteiger partial charge in [0.1, 0.15) is 0 Å². The summed E-state index contributed by atoms with van der Waals surface area (Å²) in [5, 5.41) is 0. The Balaban J connectivity index is 1.61. The molecule has 2 atom stereocenters. The number of amides is 1. The first-order valence-corrected chi connectivity index (χ1v) is 11.9. The lowest BCUT2D eigenvalue weighted by atomic mass is 9.99. The maximum absolute atomic E-state index is 12.8. The Morgan fingerprint density at radius 2 is 1.71 bits per heavy atom. The van der Waals surface area contributed by atoms with Crippen molar-refractivity contribution in [1.82, 2.24) is 9.62 Å². The van der Waals surface area contributed by atoms with Crippen molar-refractivity contribution < 1.29 is 22.7 Å². The Hall–Kier alpha value is -2.71. The number of hydrogen-bond acceptors (Lipinski definition) is 5. The van der Waals surface area contributed by atoms with Crippen LogP contribution >= 0.6 is 0 Å². The molecular formula is C23H28N2O5S. The van der Waals surface area contributed by atoms with Gasteiger partial charge in [-0.3, -0.25) is 4.79 Å². The molecule has 3 rings (SSSR count). The van der Waals surface area contributed by atoms with Crippen LogP contribution in [0.5, 0.6) is 0 Å². The van der Waals surface area contributed by atoms with E-state index in [1.54, 1.807) is 18.7 Å². The van der Waals surface area contributed by atoms with Gasteiger partial charge in [0.2, 0.25) is 10.0 Å². The maximum Gasteiger partial charge on any atom is 0.338 e. The van der Waals surface area contributed by atoms with Crippen LogP contribution in [0.1, 0.15) is 48.7 Å². The highest BCUT2D eigenvalue weighted by molar-refractivity contribution is 7.89. The molecule has 31 heavy (non-hydrogen) atoms. The molecule has 2 unspecified atom stereocenters. The van der Waals surface area contributed by atoms with Gasteiger partial charge in [-0.2, -0.15) is 0 Å². The molecule has 1 amide bonds. The van der Waals surface area contributed by atoms with E-state index in [2.05, 4.69) is 10.8 Å². The highest BCUT2D eigenvalue weighted by Crippen LogP contribution is 2.20. The van der Waals surface area contributed by atoms with E-state index in [9.17, 15) is 18.0 Å². The van der Waals surface area contributed by atoms with Gasteiger partial charge in [-0.05, 0) is 62.1 Å². The molecule has 2 aromatic rings. The third-order valence-electron chi connectivity index (χ3n) is 5.44. The quantitative estimate of drug-likeness (QED) is 0.663. The summed E-state index contributed by atoms with van der Waals surface area (Å²) in [6.07, 6.45) is 0.495. The van der Waals surface area contributed by atoms with E-state index in [0.29, 0.717) is 19.5 Å². The predicted molar refractivity (Wildman–Crippen MR) is 117 cm³/mol. The lowest BCUT2D eigenvalue weighted by molar-refractivity contribution is -0.140. The number of benzene rings is 2. The first-order chi connectivity index (χ1) is 14.7. The number of nitrogens with one attached hydrogen (secondary N) is 1. The smallest absolute Gasteiger partial charge is 0.338 e. The number of esters is 1. The van der Waals surface area contributed by atoms with Crippen LogP contribution in [0.3, 0.4) is 0 Å². The Morgan fingerprint density at radius 3 is 2.35 bits per heavy atom. The van der Waals surface area contributed by atoms with E-state index < -0.39 is 22.1 Å². The first kappa shape index (κ1) is 23.0. The van der Waals surface area contributed by atoms with Gasteiger partial charge < -0.3 is 9.64 Å². The summed E-state index contributed by atoms with van der Waals surface area (Å²) in [4.78, 5) is 27.0. The van der Waals surface area contributed by atoms with E-state index in [-0.39, 0.29) is 22.4 Å². The van der Waals surface area contributed by atoms with Crippen molar-refractivity contribution in [2.75, 3.05) is 6.54 Å². The van der Waals surface area contributed by atoms with E-state index in [0.717, 1.165) is 12.0 Å². The molecule has 0 bridgehead atoms. The van der Waals surface area contributed by atoms with E-state index in [1.165, 1.54) is 29.8 Å². The molecule has 1 heterocycles. The average molecular weight is 445 g/mol. The number of rotatable bonds is 7. The number of carbonyl (C=O) groups excluding carboxylic acids is 2. The third-order valence-corrected chi connectivity index (χ3v) is 7.05. The molecule has 0 saturated heterocycles. The predicted octanol–water partition coefficient (Wildman–Crippen LogP) is 2.89. The van der Waals surface area contributed by atoms with Gasteiger partial charge in [0.25, 0.3) is 5.91 Å². The van der Waals surface area contributed by atoms with Crippen molar-refractivity contribution in [2.45, 2.75) is 57.2 Å². The fraction of sp³-hybridized carbons (Fsp3) is 0.391. The number of sulfonamides is 1. The second-order valence-electron chi connectivity index (χ2n) is 7.78. The number of nitrogens with zero attached hydrogens (tertiary/aromatic N) is 1. The summed E-state index contributed by atoms with van der Waals surface area (Å²) >= 11 is 0. The fourth-order valence-corrected chi connectivity index (χ4v) is 4.73. The molecule has 0 aliphatic carbocycles. The zero-order chi connectivity index (χ0) is 22.6. The Morgan fingerprint density at radius 1 is 1.06 bits per heavy atom. The van der Waals surface area contributed by atoms with Gasteiger partial charge in [0.15, 0.2) is 6.10 Å². The van der Waals surface area contributed by atoms with Crippen LogP contribution in [-0.2, 0) is 32.5 Å². The fourth-order valence-electron chi connectivity index (χ4n) is 3.41. The van der Waals surface area contributed by atoms with Crippen LogP contribution in [-0.4, -0.2) is 43.9 Å². The van der Waals surface area contributed by atoms with Crippen molar-refractivity contribution in [1.29, 1.82) is 0 Å². The number of hydrogen-bond donors (Lipinski definition) is 1. The zero-order valence-electron chi connectivity index (χ0n) is 18.0. The SMILES string of the molecule is CCC(C)NS(=O)(=O)c1ccc(C(=O)OC(C)C(=O)N2CCc3ccccc3C2)cc1. The zero-order valence-corrected chi connectivity index (χ0v) is 18.8. The number of fused-ring (bicyclic) bond motifs is 1. The molecule has 1 N–H and O–H groups in total. The summed E-state index contributed by atoms with van der Waals surface area (Å²) in [5.74, 6) is -0.920. The molecule has 0 saturated carbocycles. The van der Waals surface area contributed by atoms with Crippen LogP contribution in [0.4, 0.5) is 0 Å². The molecule has 0 fully saturated rings. The number of ether oxygens (including phenoxy) is 1. The van der Waals surface area contributed by atoms with Gasteiger partial charge in [0, 0.05) is 19.1 Å². The van der Waals surface area contributed by atoms with E-state index in [4.69, 9.17) is 4.74 Å². The van der Waals surface area contributed by atoms with Crippen LogP contribution in [0.25, 0.3) is 0 Å². The monoisotopic (exact) mass is 444 g/mol. The average Bonchev–Trinajstić information content (AvgIpc) is 2.77. The molecule has 1 aliphatic heterocycles. The van der Waals surface area contributed by atoms with Gasteiger partial charge in [-0.25, -0.2) is 17.9 Å². The van der Waals surface area contributed by atoms with Crippen LogP contribution in [0, 0.1) is 0 Å². The van der Waals surface area contributed by atoms with E-state index in [1.807, 2.05) is 25.1 Å². The molecule has 166 valence electrons. The summed E-state index contributed by atoms with van der Waals surface area (Å²) < 4.78 is 32.6. The van der Waals surface area contributed by atoms with Crippen LogP contribution in [0.15, 0.2) is 53.4 Å². The molecule has 1 aliphatic rings. The summed E-state index contributed by atoms with van der Waals surface area (Å²) in [6.45, 7) is 6.29. The lowest BCUT2D eigenvalue weighted by Gasteiger charge is -2.30. The van der Waals surface area contributed by atoms with Crippen LogP contribution in [0.2, 0.25) is 0 Å². The van der Waals surface area contributed by atoms with Gasteiger partial charge >= 0.3 is 5.97 Å². The Bertz CT molecular complexity index is 1050. The second-order valence-corrected chi connectivity index (χ2v) is 9.49. The summed E-state index contributed by atoms with van der Waals surface area (Å²) in [6, 6.07) is 13.3. The Kier molecular flexibility index (Phi) is 7.12. The van der Waals surface area contributed by atoms with Crippen molar-refractivity contribution in [3.8, 4) is 0 Å². The molecule has 7 nitrogen and oxygen atoms in total. The molecule has 0 aromatic heterocycles. The lowest BCUT2D eigenvalue weighted by Crippen LogP contribution is -2.42. The molecule has 8 heteroatoms. The molecule has 0 spiro atoms. The third kappa shape index (κ3) is 5.51. The molecule has 2 aromatic carbocycles. The van der Waals surface area contributed by atoms with Crippen LogP contribution < -0.4 is 4.72 Å².